The van der Waals surface area contributed by atoms with Crippen molar-refractivity contribution in [3.05, 3.63) is 0 Å². The van der Waals surface area contributed by atoms with Crippen LogP contribution in [0.25, 0.3) is 0 Å². The molecule has 0 radical (unpaired) electrons. The molecular weight excluding hydrogens is 298 g/mol. The minimum atomic E-state index is -0.826. The van der Waals surface area contributed by atoms with E-state index in [1.54, 1.807) is 20.8 Å². The summed E-state index contributed by atoms with van der Waals surface area (Å²) in [5.41, 5.74) is -0.615. The van der Waals surface area contributed by atoms with Gasteiger partial charge < -0.3 is 19.5 Å². The van der Waals surface area contributed by atoms with Gasteiger partial charge in [0, 0.05) is 12.5 Å². The van der Waals surface area contributed by atoms with Crippen LogP contribution in [-0.4, -0.2) is 43.0 Å². The number of fused-ring (bicyclic) bond motifs is 1. The Kier molecular flexibility index (Phi) is 5.89. The lowest BCUT2D eigenvalue weighted by atomic mass is 9.77. The first-order chi connectivity index (χ1) is 10.8. The van der Waals surface area contributed by atoms with Gasteiger partial charge in [0.1, 0.15) is 11.7 Å². The maximum atomic E-state index is 12.3. The van der Waals surface area contributed by atoms with Gasteiger partial charge in [0.05, 0.1) is 6.61 Å². The van der Waals surface area contributed by atoms with Crippen LogP contribution < -0.4 is 5.32 Å². The molecule has 1 saturated carbocycles. The molecule has 2 aliphatic rings. The first-order valence-electron chi connectivity index (χ1n) is 8.54. The SMILES string of the molecule is CC1OC(=O)[C@@H](NC(=O)OC(C)(C)C)COC[C@@H]2CCCC[C@@H]12. The molecule has 6 heteroatoms. The molecule has 1 aliphatic carbocycles. The first kappa shape index (κ1) is 18.0. The minimum Gasteiger partial charge on any atom is -0.461 e. The highest BCUT2D eigenvalue weighted by atomic mass is 16.6. The number of carbonyl (C=O) groups is 2. The zero-order chi connectivity index (χ0) is 17.0. The van der Waals surface area contributed by atoms with E-state index in [1.807, 2.05) is 6.92 Å². The van der Waals surface area contributed by atoms with Gasteiger partial charge in [-0.3, -0.25) is 0 Å². The smallest absolute Gasteiger partial charge is 0.408 e. The van der Waals surface area contributed by atoms with E-state index in [4.69, 9.17) is 14.2 Å². The second kappa shape index (κ2) is 7.51. The van der Waals surface area contributed by atoms with Crippen molar-refractivity contribution < 1.29 is 23.8 Å². The minimum absolute atomic E-state index is 0.119. The van der Waals surface area contributed by atoms with E-state index >= 15 is 0 Å². The molecule has 1 saturated heterocycles. The van der Waals surface area contributed by atoms with Gasteiger partial charge in [0.2, 0.25) is 0 Å². The molecule has 1 unspecified atom stereocenters. The van der Waals surface area contributed by atoms with Gasteiger partial charge >= 0.3 is 12.1 Å². The number of nitrogens with one attached hydrogen (secondary N) is 1. The predicted molar refractivity (Wildman–Crippen MR) is 85.0 cm³/mol. The summed E-state index contributed by atoms with van der Waals surface area (Å²) in [5.74, 6) is 0.314. The topological polar surface area (TPSA) is 73.9 Å². The van der Waals surface area contributed by atoms with E-state index in [9.17, 15) is 9.59 Å². The van der Waals surface area contributed by atoms with Crippen LogP contribution in [-0.2, 0) is 19.0 Å². The van der Waals surface area contributed by atoms with Crippen LogP contribution in [0.4, 0.5) is 4.79 Å². The fourth-order valence-corrected chi connectivity index (χ4v) is 3.37. The Morgan fingerprint density at radius 2 is 1.91 bits per heavy atom. The molecule has 0 aromatic rings. The van der Waals surface area contributed by atoms with Gasteiger partial charge in [0.25, 0.3) is 0 Å². The maximum Gasteiger partial charge on any atom is 0.408 e. The number of hydrogen-bond acceptors (Lipinski definition) is 5. The largest absolute Gasteiger partial charge is 0.461 e. The predicted octanol–water partition coefficient (Wildman–Crippen LogP) is 2.65. The molecule has 0 aromatic carbocycles. The summed E-state index contributed by atoms with van der Waals surface area (Å²) >= 11 is 0. The number of cyclic esters (lactones) is 1. The fraction of sp³-hybridized carbons (Fsp3) is 0.882. The first-order valence-corrected chi connectivity index (χ1v) is 8.54. The van der Waals surface area contributed by atoms with Crippen molar-refractivity contribution in [3.8, 4) is 0 Å². The summed E-state index contributed by atoms with van der Waals surface area (Å²) in [6.45, 7) is 7.99. The summed E-state index contributed by atoms with van der Waals surface area (Å²) in [6.07, 6.45) is 3.75. The summed E-state index contributed by atoms with van der Waals surface area (Å²) in [5, 5.41) is 2.56. The molecule has 0 aromatic heterocycles. The second-order valence-electron chi connectivity index (χ2n) is 7.59. The van der Waals surface area contributed by atoms with Gasteiger partial charge in [-0.1, -0.05) is 12.8 Å². The molecule has 4 atom stereocenters. The third-order valence-electron chi connectivity index (χ3n) is 4.46. The Labute approximate surface area is 138 Å². The van der Waals surface area contributed by atoms with Crippen molar-refractivity contribution >= 4 is 12.1 Å². The van der Waals surface area contributed by atoms with Crippen molar-refractivity contribution in [2.75, 3.05) is 13.2 Å². The molecule has 6 nitrogen and oxygen atoms in total. The van der Waals surface area contributed by atoms with E-state index in [-0.39, 0.29) is 12.7 Å². The molecule has 2 fully saturated rings. The molecule has 1 N–H and O–H groups in total. The van der Waals surface area contributed by atoms with Crippen molar-refractivity contribution in [2.45, 2.75) is 71.1 Å². The summed E-state index contributed by atoms with van der Waals surface area (Å²) in [6, 6.07) is -0.826. The number of alkyl carbamates (subject to hydrolysis) is 1. The van der Waals surface area contributed by atoms with Gasteiger partial charge in [0.15, 0.2) is 6.04 Å². The van der Waals surface area contributed by atoms with E-state index in [0.717, 1.165) is 12.8 Å². The van der Waals surface area contributed by atoms with E-state index in [2.05, 4.69) is 5.32 Å². The summed E-state index contributed by atoms with van der Waals surface area (Å²) in [4.78, 5) is 24.2. The lowest BCUT2D eigenvalue weighted by Crippen LogP contribution is -2.47. The van der Waals surface area contributed by atoms with Crippen LogP contribution in [0.2, 0.25) is 0 Å². The van der Waals surface area contributed by atoms with Crippen LogP contribution in [0.3, 0.4) is 0 Å². The quantitative estimate of drug-likeness (QED) is 0.750. The normalized spacial score (nSPS) is 32.6. The number of ether oxygens (including phenoxy) is 3. The van der Waals surface area contributed by atoms with Gasteiger partial charge in [-0.2, -0.15) is 0 Å². The average molecular weight is 327 g/mol. The van der Waals surface area contributed by atoms with Crippen LogP contribution in [0, 0.1) is 11.8 Å². The lowest BCUT2D eigenvalue weighted by Gasteiger charge is -2.34. The Morgan fingerprint density at radius 3 is 2.61 bits per heavy atom. The number of amides is 1. The van der Waals surface area contributed by atoms with Crippen LogP contribution in [0.1, 0.15) is 53.4 Å². The van der Waals surface area contributed by atoms with Gasteiger partial charge in [-0.15, -0.1) is 0 Å². The van der Waals surface area contributed by atoms with Crippen molar-refractivity contribution in [1.82, 2.24) is 5.32 Å². The van der Waals surface area contributed by atoms with Crippen molar-refractivity contribution in [1.29, 1.82) is 0 Å². The van der Waals surface area contributed by atoms with Crippen LogP contribution in [0.5, 0.6) is 0 Å². The average Bonchev–Trinajstić information content (AvgIpc) is 2.48. The highest BCUT2D eigenvalue weighted by Gasteiger charge is 2.36. The Bertz CT molecular complexity index is 431. The third-order valence-corrected chi connectivity index (χ3v) is 4.46. The number of esters is 1. The molecule has 23 heavy (non-hydrogen) atoms. The van der Waals surface area contributed by atoms with Crippen LogP contribution in [0.15, 0.2) is 0 Å². The Balaban J connectivity index is 1.99. The molecule has 132 valence electrons. The van der Waals surface area contributed by atoms with E-state index in [0.29, 0.717) is 18.4 Å². The molecule has 0 spiro atoms. The molecule has 0 bridgehead atoms. The Morgan fingerprint density at radius 1 is 1.22 bits per heavy atom. The van der Waals surface area contributed by atoms with Gasteiger partial charge in [-0.05, 0) is 46.5 Å². The highest BCUT2D eigenvalue weighted by Crippen LogP contribution is 2.34. The number of carbonyl (C=O) groups excluding carboxylic acids is 2. The standard InChI is InChI=1S/C17H29NO5/c1-11-13-8-6-5-7-12(13)9-21-10-14(15(19)22-11)18-16(20)23-17(2,3)4/h11-14H,5-10H2,1-4H3,(H,18,20)/t11?,12-,13-,14-/m0/s1. The second-order valence-corrected chi connectivity index (χ2v) is 7.59. The number of rotatable bonds is 1. The Hall–Kier alpha value is -1.30. The molecular formula is C17H29NO5. The third kappa shape index (κ3) is 5.37. The van der Waals surface area contributed by atoms with Gasteiger partial charge in [-0.25, -0.2) is 9.59 Å². The fourth-order valence-electron chi connectivity index (χ4n) is 3.37. The van der Waals surface area contributed by atoms with Crippen molar-refractivity contribution in [3.63, 3.8) is 0 Å². The zero-order valence-corrected chi connectivity index (χ0v) is 14.6. The summed E-state index contributed by atoms with van der Waals surface area (Å²) < 4.78 is 16.5. The molecule has 1 aliphatic heterocycles. The maximum absolute atomic E-state index is 12.3. The monoisotopic (exact) mass is 327 g/mol. The lowest BCUT2D eigenvalue weighted by molar-refractivity contribution is -0.154. The molecule has 2 rings (SSSR count). The van der Waals surface area contributed by atoms with E-state index < -0.39 is 23.7 Å². The molecule has 1 amide bonds. The molecule has 1 heterocycles. The summed E-state index contributed by atoms with van der Waals surface area (Å²) in [7, 11) is 0. The van der Waals surface area contributed by atoms with Crippen LogP contribution >= 0.6 is 0 Å². The van der Waals surface area contributed by atoms with Crippen molar-refractivity contribution in [2.24, 2.45) is 11.8 Å². The highest BCUT2D eigenvalue weighted by molar-refractivity contribution is 5.81. The number of hydrogen-bond donors (Lipinski definition) is 1. The zero-order valence-electron chi connectivity index (χ0n) is 14.6. The van der Waals surface area contributed by atoms with E-state index in [1.165, 1.54) is 12.8 Å².